The van der Waals surface area contributed by atoms with Gasteiger partial charge in [0.2, 0.25) is 0 Å². The highest BCUT2D eigenvalue weighted by atomic mass is 16.5. The van der Waals surface area contributed by atoms with Crippen molar-refractivity contribution in [2.75, 3.05) is 19.0 Å². The molecule has 0 saturated heterocycles. The summed E-state index contributed by atoms with van der Waals surface area (Å²) in [5, 5.41) is 4.47. The fourth-order valence-electron chi connectivity index (χ4n) is 2.54. The first-order valence-corrected chi connectivity index (χ1v) is 7.75. The van der Waals surface area contributed by atoms with Crippen molar-refractivity contribution in [2.45, 2.75) is 0 Å². The van der Waals surface area contributed by atoms with Crippen LogP contribution in [0.1, 0.15) is 10.4 Å². The van der Waals surface area contributed by atoms with Gasteiger partial charge in [-0.25, -0.2) is 0 Å². The van der Waals surface area contributed by atoms with Crippen molar-refractivity contribution in [3.63, 3.8) is 0 Å². The third-order valence-electron chi connectivity index (χ3n) is 3.78. The zero-order valence-electron chi connectivity index (χ0n) is 13.7. The summed E-state index contributed by atoms with van der Waals surface area (Å²) in [7, 11) is 1.58. The molecule has 1 amide bonds. The van der Waals surface area contributed by atoms with Crippen LogP contribution in [0.4, 0.5) is 5.69 Å². The topological polar surface area (TPSA) is 64.6 Å². The first-order valence-electron chi connectivity index (χ1n) is 7.75. The number of hydrogen-bond acceptors (Lipinski definition) is 4. The van der Waals surface area contributed by atoms with Gasteiger partial charge in [-0.15, -0.1) is 0 Å². The van der Waals surface area contributed by atoms with Gasteiger partial charge in [0.05, 0.1) is 12.7 Å². The molecule has 0 aromatic heterocycles. The van der Waals surface area contributed by atoms with E-state index in [2.05, 4.69) is 5.32 Å². The van der Waals surface area contributed by atoms with E-state index in [9.17, 15) is 9.59 Å². The molecule has 0 fully saturated rings. The van der Waals surface area contributed by atoms with Gasteiger partial charge in [-0.3, -0.25) is 9.59 Å². The highest BCUT2D eigenvalue weighted by Gasteiger charge is 2.10. The number of aldehydes is 1. The number of carbonyl (C=O) groups excluding carboxylic acids is 2. The molecule has 5 nitrogen and oxygen atoms in total. The number of benzene rings is 3. The summed E-state index contributed by atoms with van der Waals surface area (Å²) in [4.78, 5) is 23.5. The van der Waals surface area contributed by atoms with Crippen LogP contribution in [-0.2, 0) is 4.79 Å². The minimum absolute atomic E-state index is 0.189. The number of rotatable bonds is 6. The second-order valence-electron chi connectivity index (χ2n) is 5.38. The molecule has 5 heteroatoms. The zero-order chi connectivity index (χ0) is 17.6. The van der Waals surface area contributed by atoms with Gasteiger partial charge in [-0.05, 0) is 41.1 Å². The highest BCUT2D eigenvalue weighted by Crippen LogP contribution is 2.26. The Hall–Kier alpha value is -3.34. The number of hydrogen-bond donors (Lipinski definition) is 1. The molecular formula is C20H17NO4. The van der Waals surface area contributed by atoms with Gasteiger partial charge < -0.3 is 14.8 Å². The summed E-state index contributed by atoms with van der Waals surface area (Å²) in [6, 6.07) is 18.1. The summed E-state index contributed by atoms with van der Waals surface area (Å²) < 4.78 is 10.6. The molecule has 25 heavy (non-hydrogen) atoms. The Morgan fingerprint density at radius 2 is 1.80 bits per heavy atom. The maximum atomic E-state index is 12.0. The molecule has 0 aliphatic carbocycles. The Morgan fingerprint density at radius 3 is 2.52 bits per heavy atom. The molecular weight excluding hydrogens is 318 g/mol. The van der Waals surface area contributed by atoms with E-state index < -0.39 is 0 Å². The molecule has 0 spiro atoms. The Bertz CT molecular complexity index is 903. The number of anilines is 1. The fourth-order valence-corrected chi connectivity index (χ4v) is 2.54. The molecule has 3 aromatic rings. The van der Waals surface area contributed by atoms with Crippen LogP contribution in [0.25, 0.3) is 10.8 Å². The van der Waals surface area contributed by atoms with E-state index >= 15 is 0 Å². The number of carbonyl (C=O) groups is 2. The smallest absolute Gasteiger partial charge is 0.262 e. The molecule has 3 aromatic carbocycles. The van der Waals surface area contributed by atoms with Crippen LogP contribution in [0, 0.1) is 0 Å². The van der Waals surface area contributed by atoms with Gasteiger partial charge in [0.1, 0.15) is 11.5 Å². The van der Waals surface area contributed by atoms with Crippen LogP contribution >= 0.6 is 0 Å². The van der Waals surface area contributed by atoms with Crippen molar-refractivity contribution in [3.05, 3.63) is 66.2 Å². The normalized spacial score (nSPS) is 10.3. The van der Waals surface area contributed by atoms with Crippen molar-refractivity contribution in [1.82, 2.24) is 0 Å². The quantitative estimate of drug-likeness (QED) is 0.698. The third-order valence-corrected chi connectivity index (χ3v) is 3.78. The van der Waals surface area contributed by atoms with Crippen LogP contribution in [0.5, 0.6) is 11.5 Å². The maximum absolute atomic E-state index is 12.0. The maximum Gasteiger partial charge on any atom is 0.262 e. The summed E-state index contributed by atoms with van der Waals surface area (Å²) in [5.41, 5.74) is 1.08. The van der Waals surface area contributed by atoms with Crippen molar-refractivity contribution >= 4 is 28.7 Å². The average Bonchev–Trinajstić information content (AvgIpc) is 2.66. The molecule has 0 radical (unpaired) electrons. The number of methoxy groups -OCH3 is 1. The van der Waals surface area contributed by atoms with Crippen molar-refractivity contribution in [3.8, 4) is 11.5 Å². The Labute approximate surface area is 145 Å². The van der Waals surface area contributed by atoms with E-state index in [0.29, 0.717) is 22.7 Å². The van der Waals surface area contributed by atoms with Crippen LogP contribution in [0.3, 0.4) is 0 Å². The minimum atomic E-state index is -0.310. The fraction of sp³-hybridized carbons (Fsp3) is 0.100. The van der Waals surface area contributed by atoms with Gasteiger partial charge >= 0.3 is 0 Å². The van der Waals surface area contributed by atoms with Gasteiger partial charge in [-0.2, -0.15) is 0 Å². The standard InChI is InChI=1S/C20H17NO4/c1-24-16-9-7-15(8-10-16)21-20(23)13-25-19-11-6-14-4-2-3-5-17(14)18(19)12-22/h2-12H,13H2,1H3,(H,21,23). The lowest BCUT2D eigenvalue weighted by Gasteiger charge is -2.11. The second-order valence-corrected chi connectivity index (χ2v) is 5.38. The summed E-state index contributed by atoms with van der Waals surface area (Å²) in [5.74, 6) is 0.787. The highest BCUT2D eigenvalue weighted by molar-refractivity contribution is 6.01. The molecule has 1 N–H and O–H groups in total. The van der Waals surface area contributed by atoms with Crippen molar-refractivity contribution < 1.29 is 19.1 Å². The SMILES string of the molecule is COc1ccc(NC(=O)COc2ccc3ccccc3c2C=O)cc1. The van der Waals surface area contributed by atoms with Crippen LogP contribution in [0.15, 0.2) is 60.7 Å². The minimum Gasteiger partial charge on any atom is -0.497 e. The first kappa shape index (κ1) is 16.5. The van der Waals surface area contributed by atoms with Gasteiger partial charge in [0.25, 0.3) is 5.91 Å². The van der Waals surface area contributed by atoms with Crippen molar-refractivity contribution in [1.29, 1.82) is 0 Å². The Balaban J connectivity index is 1.69. The molecule has 0 aliphatic heterocycles. The number of amides is 1. The molecule has 0 heterocycles. The molecule has 0 aliphatic rings. The van der Waals surface area contributed by atoms with E-state index in [0.717, 1.165) is 17.1 Å². The lowest BCUT2D eigenvalue weighted by Crippen LogP contribution is -2.20. The van der Waals surface area contributed by atoms with Crippen molar-refractivity contribution in [2.24, 2.45) is 0 Å². The second kappa shape index (κ2) is 7.49. The first-order chi connectivity index (χ1) is 12.2. The molecule has 0 unspecified atom stereocenters. The Kier molecular flexibility index (Phi) is 4.95. The molecule has 0 atom stereocenters. The lowest BCUT2D eigenvalue weighted by molar-refractivity contribution is -0.118. The van der Waals surface area contributed by atoms with E-state index in [4.69, 9.17) is 9.47 Å². The lowest BCUT2D eigenvalue weighted by atomic mass is 10.0. The zero-order valence-corrected chi connectivity index (χ0v) is 13.7. The van der Waals surface area contributed by atoms with Crippen LogP contribution in [-0.4, -0.2) is 25.9 Å². The van der Waals surface area contributed by atoms with Crippen LogP contribution < -0.4 is 14.8 Å². The predicted octanol–water partition coefficient (Wildman–Crippen LogP) is 3.68. The Morgan fingerprint density at radius 1 is 1.04 bits per heavy atom. The van der Waals surface area contributed by atoms with Gasteiger partial charge in [-0.1, -0.05) is 30.3 Å². The number of ether oxygens (including phenoxy) is 2. The number of nitrogens with one attached hydrogen (secondary N) is 1. The molecule has 0 bridgehead atoms. The third kappa shape index (κ3) is 3.77. The van der Waals surface area contributed by atoms with Gasteiger partial charge in [0.15, 0.2) is 12.9 Å². The van der Waals surface area contributed by atoms with E-state index in [1.54, 1.807) is 37.4 Å². The predicted molar refractivity (Wildman–Crippen MR) is 96.5 cm³/mol. The van der Waals surface area contributed by atoms with Gasteiger partial charge in [0, 0.05) is 5.69 Å². The molecule has 0 saturated carbocycles. The summed E-state index contributed by atoms with van der Waals surface area (Å²) in [6.45, 7) is -0.189. The summed E-state index contributed by atoms with van der Waals surface area (Å²) in [6.07, 6.45) is 0.749. The summed E-state index contributed by atoms with van der Waals surface area (Å²) >= 11 is 0. The van der Waals surface area contributed by atoms with E-state index in [1.165, 1.54) is 0 Å². The largest absolute Gasteiger partial charge is 0.497 e. The van der Waals surface area contributed by atoms with E-state index in [-0.39, 0.29) is 12.5 Å². The molecule has 3 rings (SSSR count). The molecule has 126 valence electrons. The monoisotopic (exact) mass is 335 g/mol. The average molecular weight is 335 g/mol. The van der Waals surface area contributed by atoms with E-state index in [1.807, 2.05) is 30.3 Å². The van der Waals surface area contributed by atoms with Crippen LogP contribution in [0.2, 0.25) is 0 Å². The number of fused-ring (bicyclic) bond motifs is 1.